The molecule has 0 aliphatic heterocycles. The topological polar surface area (TPSA) is 72.4 Å². The molecule has 1 amide bonds. The molecule has 3 rings (SSSR count). The van der Waals surface area contributed by atoms with Crippen LogP contribution in [0.3, 0.4) is 0 Å². The van der Waals surface area contributed by atoms with Crippen LogP contribution in [0.25, 0.3) is 5.65 Å². The zero-order valence-electron chi connectivity index (χ0n) is 13.9. The third kappa shape index (κ3) is 2.89. The summed E-state index contributed by atoms with van der Waals surface area (Å²) in [6.07, 6.45) is 1.74. The Morgan fingerprint density at radius 3 is 2.75 bits per heavy atom. The van der Waals surface area contributed by atoms with Crippen LogP contribution >= 0.6 is 15.9 Å². The van der Waals surface area contributed by atoms with E-state index >= 15 is 0 Å². The first kappa shape index (κ1) is 16.5. The van der Waals surface area contributed by atoms with Gasteiger partial charge in [0.1, 0.15) is 0 Å². The van der Waals surface area contributed by atoms with Gasteiger partial charge >= 0.3 is 0 Å². The number of aromatic nitrogens is 2. The number of halogens is 1. The number of nitrogens with zero attached hydrogens (tertiary/aromatic N) is 2. The molecule has 2 heterocycles. The highest BCUT2D eigenvalue weighted by molar-refractivity contribution is 9.10. The van der Waals surface area contributed by atoms with Gasteiger partial charge < -0.3 is 15.5 Å². The highest BCUT2D eigenvalue weighted by Gasteiger charge is 2.13. The minimum atomic E-state index is -0.456. The number of nitrogens with two attached hydrogens (primary N) is 1. The molecule has 0 spiro atoms. The number of amides is 1. The molecule has 3 N–H and O–H groups in total. The number of hydrogen-bond donors (Lipinski definition) is 2. The molecule has 0 fully saturated rings. The SMILES string of the molecule is Cc1cccc(Br)c1CNc1cc(C(N)=O)cn2c(C)c(C)nc12. The fraction of sp³-hybridized carbons (Fsp3) is 0.222. The Hall–Kier alpha value is -2.34. The van der Waals surface area contributed by atoms with E-state index in [2.05, 4.69) is 39.2 Å². The van der Waals surface area contributed by atoms with Crippen LogP contribution in [0.5, 0.6) is 0 Å². The van der Waals surface area contributed by atoms with E-state index in [0.29, 0.717) is 12.1 Å². The van der Waals surface area contributed by atoms with Gasteiger partial charge in [0, 0.05) is 22.9 Å². The Labute approximate surface area is 149 Å². The van der Waals surface area contributed by atoms with Gasteiger partial charge in [-0.15, -0.1) is 0 Å². The smallest absolute Gasteiger partial charge is 0.250 e. The minimum Gasteiger partial charge on any atom is -0.378 e. The molecular formula is C18H19BrN4O. The molecule has 1 aromatic carbocycles. The van der Waals surface area contributed by atoms with E-state index in [1.54, 1.807) is 12.3 Å². The third-order valence-electron chi connectivity index (χ3n) is 4.29. The summed E-state index contributed by atoms with van der Waals surface area (Å²) in [6, 6.07) is 7.86. The summed E-state index contributed by atoms with van der Waals surface area (Å²) in [5.74, 6) is -0.456. The standard InChI is InChI=1S/C18H19BrN4O/c1-10-5-4-6-15(19)14(10)8-21-16-7-13(17(20)24)9-23-12(3)11(2)22-18(16)23/h4-7,9,21H,8H2,1-3H3,(H2,20,24). The molecule has 5 nitrogen and oxygen atoms in total. The largest absolute Gasteiger partial charge is 0.378 e. The number of carbonyl (C=O) groups excluding carboxylic acids is 1. The van der Waals surface area contributed by atoms with E-state index in [4.69, 9.17) is 5.73 Å². The molecule has 0 radical (unpaired) electrons. The molecule has 6 heteroatoms. The molecular weight excluding hydrogens is 368 g/mol. The summed E-state index contributed by atoms with van der Waals surface area (Å²) < 4.78 is 2.96. The van der Waals surface area contributed by atoms with Crippen LogP contribution in [-0.4, -0.2) is 15.3 Å². The van der Waals surface area contributed by atoms with Crippen LogP contribution in [-0.2, 0) is 6.54 Å². The molecule has 2 aromatic heterocycles. The quantitative estimate of drug-likeness (QED) is 0.717. The van der Waals surface area contributed by atoms with Crippen molar-refractivity contribution in [2.24, 2.45) is 5.73 Å². The van der Waals surface area contributed by atoms with Crippen LogP contribution in [0.4, 0.5) is 5.69 Å². The number of benzene rings is 1. The number of anilines is 1. The zero-order chi connectivity index (χ0) is 17.4. The molecule has 0 saturated carbocycles. The molecule has 24 heavy (non-hydrogen) atoms. The van der Waals surface area contributed by atoms with Crippen molar-refractivity contribution < 1.29 is 4.79 Å². The molecule has 0 aliphatic carbocycles. The van der Waals surface area contributed by atoms with E-state index in [9.17, 15) is 4.79 Å². The van der Waals surface area contributed by atoms with Crippen molar-refractivity contribution in [3.8, 4) is 0 Å². The van der Waals surface area contributed by atoms with Gasteiger partial charge in [0.2, 0.25) is 5.91 Å². The number of carbonyl (C=O) groups is 1. The summed E-state index contributed by atoms with van der Waals surface area (Å²) >= 11 is 3.59. The van der Waals surface area contributed by atoms with Crippen LogP contribution < -0.4 is 11.1 Å². The van der Waals surface area contributed by atoms with Gasteiger partial charge in [0.15, 0.2) is 5.65 Å². The maximum absolute atomic E-state index is 11.7. The zero-order valence-corrected chi connectivity index (χ0v) is 15.4. The van der Waals surface area contributed by atoms with Gasteiger partial charge in [-0.1, -0.05) is 28.1 Å². The Morgan fingerprint density at radius 2 is 2.08 bits per heavy atom. The second-order valence-electron chi connectivity index (χ2n) is 5.87. The van der Waals surface area contributed by atoms with Crippen LogP contribution in [0, 0.1) is 20.8 Å². The first-order valence-corrected chi connectivity index (χ1v) is 8.44. The lowest BCUT2D eigenvalue weighted by Gasteiger charge is -2.13. The van der Waals surface area contributed by atoms with Crippen molar-refractivity contribution in [2.45, 2.75) is 27.3 Å². The van der Waals surface area contributed by atoms with E-state index in [1.807, 2.05) is 30.4 Å². The van der Waals surface area contributed by atoms with Crippen LogP contribution in [0.2, 0.25) is 0 Å². The Bertz CT molecular complexity index is 926. The van der Waals surface area contributed by atoms with Crippen molar-refractivity contribution in [3.63, 3.8) is 0 Å². The second kappa shape index (κ2) is 6.28. The van der Waals surface area contributed by atoms with Crippen molar-refractivity contribution in [2.75, 3.05) is 5.32 Å². The Balaban J connectivity index is 2.05. The van der Waals surface area contributed by atoms with Gasteiger partial charge in [-0.05, 0) is 44.0 Å². The second-order valence-corrected chi connectivity index (χ2v) is 6.73. The maximum atomic E-state index is 11.7. The predicted octanol–water partition coefficient (Wildman–Crippen LogP) is 3.73. The van der Waals surface area contributed by atoms with Gasteiger partial charge in [0.05, 0.1) is 16.9 Å². The number of rotatable bonds is 4. The number of pyridine rings is 1. The number of fused-ring (bicyclic) bond motifs is 1. The predicted molar refractivity (Wildman–Crippen MR) is 99.4 cm³/mol. The van der Waals surface area contributed by atoms with Crippen molar-refractivity contribution in [1.29, 1.82) is 0 Å². The van der Waals surface area contributed by atoms with Gasteiger partial charge in [0.25, 0.3) is 0 Å². The molecule has 0 atom stereocenters. The monoisotopic (exact) mass is 386 g/mol. The normalized spacial score (nSPS) is 11.0. The minimum absolute atomic E-state index is 0.453. The third-order valence-corrected chi connectivity index (χ3v) is 5.03. The molecule has 0 aliphatic rings. The summed E-state index contributed by atoms with van der Waals surface area (Å²) in [5, 5.41) is 3.40. The average Bonchev–Trinajstić information content (AvgIpc) is 2.82. The summed E-state index contributed by atoms with van der Waals surface area (Å²) in [4.78, 5) is 16.3. The lowest BCUT2D eigenvalue weighted by molar-refractivity contribution is 0.1000. The Morgan fingerprint density at radius 1 is 1.33 bits per heavy atom. The van der Waals surface area contributed by atoms with Gasteiger partial charge in [-0.2, -0.15) is 0 Å². The van der Waals surface area contributed by atoms with Crippen LogP contribution in [0.1, 0.15) is 32.9 Å². The van der Waals surface area contributed by atoms with Gasteiger partial charge in [-0.25, -0.2) is 4.98 Å². The first-order chi connectivity index (χ1) is 11.4. The van der Waals surface area contributed by atoms with Crippen molar-refractivity contribution in [3.05, 3.63) is 63.0 Å². The number of aryl methyl sites for hydroxylation is 3. The van der Waals surface area contributed by atoms with E-state index in [0.717, 1.165) is 27.2 Å². The van der Waals surface area contributed by atoms with E-state index < -0.39 is 5.91 Å². The van der Waals surface area contributed by atoms with Crippen molar-refractivity contribution >= 4 is 33.2 Å². The molecule has 0 bridgehead atoms. The van der Waals surface area contributed by atoms with Gasteiger partial charge in [-0.3, -0.25) is 4.79 Å². The lowest BCUT2D eigenvalue weighted by Crippen LogP contribution is -2.13. The highest BCUT2D eigenvalue weighted by Crippen LogP contribution is 2.25. The molecule has 0 saturated heterocycles. The van der Waals surface area contributed by atoms with E-state index in [1.165, 1.54) is 11.1 Å². The number of primary amides is 1. The number of hydrogen-bond acceptors (Lipinski definition) is 3. The summed E-state index contributed by atoms with van der Waals surface area (Å²) in [5.41, 5.74) is 11.8. The lowest BCUT2D eigenvalue weighted by atomic mass is 10.1. The molecule has 124 valence electrons. The first-order valence-electron chi connectivity index (χ1n) is 7.65. The number of nitrogens with one attached hydrogen (secondary N) is 1. The average molecular weight is 387 g/mol. The van der Waals surface area contributed by atoms with Crippen LogP contribution in [0.15, 0.2) is 34.9 Å². The molecule has 3 aromatic rings. The van der Waals surface area contributed by atoms with Crippen molar-refractivity contribution in [1.82, 2.24) is 9.38 Å². The fourth-order valence-corrected chi connectivity index (χ4v) is 3.32. The summed E-state index contributed by atoms with van der Waals surface area (Å²) in [7, 11) is 0. The summed E-state index contributed by atoms with van der Waals surface area (Å²) in [6.45, 7) is 6.62. The number of imidazole rings is 1. The van der Waals surface area contributed by atoms with E-state index in [-0.39, 0.29) is 0 Å². The maximum Gasteiger partial charge on any atom is 0.250 e. The molecule has 0 unspecified atom stereocenters. The Kier molecular flexibility index (Phi) is 4.32. The highest BCUT2D eigenvalue weighted by atomic mass is 79.9. The fourth-order valence-electron chi connectivity index (χ4n) is 2.71.